The molecular formula is C22H19ClN4O. The van der Waals surface area contributed by atoms with Gasteiger partial charge in [0, 0.05) is 10.7 Å². The number of carbonyl (C=O) groups is 1. The zero-order valence-electron chi connectivity index (χ0n) is 15.4. The molecule has 0 radical (unpaired) electrons. The van der Waals surface area contributed by atoms with E-state index in [9.17, 15) is 4.79 Å². The van der Waals surface area contributed by atoms with Crippen LogP contribution in [0.2, 0.25) is 5.02 Å². The standard InChI is InChI=1S/C22H19ClN4O/c1-16-9-11-19(12-10-16)26(14-17-5-4-6-18(23)13-17)22(28)15-27-21-8-3-2-7-20(21)24-25-27/h2-13H,14-15H2,1H3. The molecule has 1 heterocycles. The van der Waals surface area contributed by atoms with Crippen molar-refractivity contribution in [3.8, 4) is 0 Å². The van der Waals surface area contributed by atoms with Crippen LogP contribution in [0.4, 0.5) is 5.69 Å². The fraction of sp³-hybridized carbons (Fsp3) is 0.136. The van der Waals surface area contributed by atoms with Gasteiger partial charge in [-0.05, 0) is 48.9 Å². The van der Waals surface area contributed by atoms with Crippen molar-refractivity contribution in [3.63, 3.8) is 0 Å². The van der Waals surface area contributed by atoms with Gasteiger partial charge in [-0.1, -0.05) is 58.8 Å². The summed E-state index contributed by atoms with van der Waals surface area (Å²) in [6.07, 6.45) is 0. The maximum absolute atomic E-state index is 13.2. The second-order valence-corrected chi connectivity index (χ2v) is 7.12. The highest BCUT2D eigenvalue weighted by Gasteiger charge is 2.18. The molecule has 0 aliphatic rings. The summed E-state index contributed by atoms with van der Waals surface area (Å²) in [5.41, 5.74) is 4.54. The van der Waals surface area contributed by atoms with Crippen LogP contribution in [0.3, 0.4) is 0 Å². The number of aryl methyl sites for hydroxylation is 1. The molecule has 5 nitrogen and oxygen atoms in total. The fourth-order valence-electron chi connectivity index (χ4n) is 3.11. The van der Waals surface area contributed by atoms with Gasteiger partial charge >= 0.3 is 0 Å². The quantitative estimate of drug-likeness (QED) is 0.499. The average molecular weight is 391 g/mol. The smallest absolute Gasteiger partial charge is 0.249 e. The lowest BCUT2D eigenvalue weighted by Gasteiger charge is -2.23. The molecule has 28 heavy (non-hydrogen) atoms. The SMILES string of the molecule is Cc1ccc(N(Cc2cccc(Cl)c2)C(=O)Cn2nnc3ccccc32)cc1. The number of fused-ring (bicyclic) bond motifs is 1. The van der Waals surface area contributed by atoms with Gasteiger partial charge in [-0.25, -0.2) is 4.68 Å². The number of amides is 1. The summed E-state index contributed by atoms with van der Waals surface area (Å²) < 4.78 is 1.64. The fourth-order valence-corrected chi connectivity index (χ4v) is 3.33. The molecule has 0 bridgehead atoms. The highest BCUT2D eigenvalue weighted by molar-refractivity contribution is 6.30. The van der Waals surface area contributed by atoms with Gasteiger partial charge in [0.25, 0.3) is 0 Å². The maximum Gasteiger partial charge on any atom is 0.249 e. The van der Waals surface area contributed by atoms with Gasteiger partial charge in [-0.15, -0.1) is 5.10 Å². The first-order valence-electron chi connectivity index (χ1n) is 9.00. The van der Waals surface area contributed by atoms with Gasteiger partial charge in [0.1, 0.15) is 12.1 Å². The van der Waals surface area contributed by atoms with Gasteiger partial charge in [-0.3, -0.25) is 4.79 Å². The van der Waals surface area contributed by atoms with E-state index >= 15 is 0 Å². The lowest BCUT2D eigenvalue weighted by molar-refractivity contribution is -0.119. The second kappa shape index (κ2) is 7.82. The Morgan fingerprint density at radius 1 is 1.04 bits per heavy atom. The summed E-state index contributed by atoms with van der Waals surface area (Å²) in [5.74, 6) is -0.0699. The third-order valence-electron chi connectivity index (χ3n) is 4.58. The molecule has 0 N–H and O–H groups in total. The molecule has 1 aromatic heterocycles. The molecule has 0 atom stereocenters. The summed E-state index contributed by atoms with van der Waals surface area (Å²) in [6, 6.07) is 23.1. The van der Waals surface area contributed by atoms with E-state index in [0.29, 0.717) is 11.6 Å². The van der Waals surface area contributed by atoms with E-state index in [1.165, 1.54) is 0 Å². The lowest BCUT2D eigenvalue weighted by atomic mass is 10.1. The molecule has 0 saturated carbocycles. The van der Waals surface area contributed by atoms with Crippen molar-refractivity contribution in [2.45, 2.75) is 20.0 Å². The second-order valence-electron chi connectivity index (χ2n) is 6.68. The molecule has 3 aromatic carbocycles. The number of hydrogen-bond donors (Lipinski definition) is 0. The van der Waals surface area contributed by atoms with Gasteiger partial charge in [-0.2, -0.15) is 0 Å². The maximum atomic E-state index is 13.2. The minimum Gasteiger partial charge on any atom is -0.306 e. The number of carbonyl (C=O) groups excluding carboxylic acids is 1. The van der Waals surface area contributed by atoms with Gasteiger partial charge in [0.2, 0.25) is 5.91 Å². The summed E-state index contributed by atoms with van der Waals surface area (Å²) in [6.45, 7) is 2.55. The number of aromatic nitrogens is 3. The van der Waals surface area contributed by atoms with Crippen molar-refractivity contribution in [3.05, 3.63) is 88.9 Å². The topological polar surface area (TPSA) is 51.0 Å². The highest BCUT2D eigenvalue weighted by Crippen LogP contribution is 2.21. The average Bonchev–Trinajstić information content (AvgIpc) is 3.10. The Labute approximate surface area is 168 Å². The van der Waals surface area contributed by atoms with Gasteiger partial charge in [0.15, 0.2) is 0 Å². The molecule has 6 heteroatoms. The zero-order chi connectivity index (χ0) is 19.5. The molecule has 0 spiro atoms. The Hall–Kier alpha value is -3.18. The predicted molar refractivity (Wildman–Crippen MR) is 111 cm³/mol. The number of hydrogen-bond acceptors (Lipinski definition) is 3. The molecular weight excluding hydrogens is 372 g/mol. The van der Waals surface area contributed by atoms with Crippen LogP contribution < -0.4 is 4.90 Å². The number of rotatable bonds is 5. The molecule has 140 valence electrons. The highest BCUT2D eigenvalue weighted by atomic mass is 35.5. The van der Waals surface area contributed by atoms with Gasteiger partial charge in [0.05, 0.1) is 12.1 Å². The number of nitrogens with zero attached hydrogens (tertiary/aromatic N) is 4. The molecule has 0 unspecified atom stereocenters. The van der Waals surface area contributed by atoms with Crippen LogP contribution in [0, 0.1) is 6.92 Å². The Morgan fingerprint density at radius 2 is 1.82 bits per heavy atom. The van der Waals surface area contributed by atoms with E-state index in [4.69, 9.17) is 11.6 Å². The summed E-state index contributed by atoms with van der Waals surface area (Å²) in [7, 11) is 0. The minimum atomic E-state index is -0.0699. The van der Waals surface area contributed by atoms with E-state index in [-0.39, 0.29) is 12.5 Å². The van der Waals surface area contributed by atoms with Crippen LogP contribution in [0.5, 0.6) is 0 Å². The van der Waals surface area contributed by atoms with Crippen molar-refractivity contribution in [2.75, 3.05) is 4.90 Å². The van der Waals surface area contributed by atoms with Crippen LogP contribution >= 0.6 is 11.6 Å². The first-order valence-corrected chi connectivity index (χ1v) is 9.38. The van der Waals surface area contributed by atoms with E-state index in [0.717, 1.165) is 27.8 Å². The van der Waals surface area contributed by atoms with Crippen molar-refractivity contribution in [1.82, 2.24) is 15.0 Å². The van der Waals surface area contributed by atoms with Crippen LogP contribution in [0.25, 0.3) is 11.0 Å². The Morgan fingerprint density at radius 3 is 2.61 bits per heavy atom. The minimum absolute atomic E-state index is 0.0699. The molecule has 4 aromatic rings. The Kier molecular flexibility index (Phi) is 5.08. The van der Waals surface area contributed by atoms with Gasteiger partial charge < -0.3 is 4.90 Å². The number of anilines is 1. The third kappa shape index (κ3) is 3.89. The third-order valence-corrected chi connectivity index (χ3v) is 4.82. The Balaban J connectivity index is 1.65. The first-order chi connectivity index (χ1) is 13.6. The first kappa shape index (κ1) is 18.2. The largest absolute Gasteiger partial charge is 0.306 e. The number of benzene rings is 3. The normalized spacial score (nSPS) is 10.9. The van der Waals surface area contributed by atoms with E-state index < -0.39 is 0 Å². The molecule has 0 aliphatic carbocycles. The van der Waals surface area contributed by atoms with Crippen LogP contribution in [0.1, 0.15) is 11.1 Å². The lowest BCUT2D eigenvalue weighted by Crippen LogP contribution is -2.33. The van der Waals surface area contributed by atoms with Crippen LogP contribution in [0.15, 0.2) is 72.8 Å². The predicted octanol–water partition coefficient (Wildman–Crippen LogP) is 4.63. The number of halogens is 1. The summed E-state index contributed by atoms with van der Waals surface area (Å²) in [4.78, 5) is 15.0. The molecule has 1 amide bonds. The van der Waals surface area contributed by atoms with Crippen molar-refractivity contribution < 1.29 is 4.79 Å². The van der Waals surface area contributed by atoms with E-state index in [1.807, 2.05) is 79.7 Å². The van der Waals surface area contributed by atoms with Crippen LogP contribution in [-0.2, 0) is 17.9 Å². The molecule has 0 aliphatic heterocycles. The van der Waals surface area contributed by atoms with E-state index in [2.05, 4.69) is 10.3 Å². The zero-order valence-corrected chi connectivity index (χ0v) is 16.2. The van der Waals surface area contributed by atoms with Crippen molar-refractivity contribution in [2.24, 2.45) is 0 Å². The molecule has 4 rings (SSSR count). The van der Waals surface area contributed by atoms with Crippen LogP contribution in [-0.4, -0.2) is 20.9 Å². The van der Waals surface area contributed by atoms with Crippen molar-refractivity contribution in [1.29, 1.82) is 0 Å². The Bertz CT molecular complexity index is 1120. The van der Waals surface area contributed by atoms with Crippen molar-refractivity contribution >= 4 is 34.2 Å². The number of para-hydroxylation sites is 1. The summed E-state index contributed by atoms with van der Waals surface area (Å²) in [5, 5.41) is 8.93. The van der Waals surface area contributed by atoms with E-state index in [1.54, 1.807) is 9.58 Å². The molecule has 0 saturated heterocycles. The summed E-state index contributed by atoms with van der Waals surface area (Å²) >= 11 is 6.13. The monoisotopic (exact) mass is 390 g/mol. The molecule has 0 fully saturated rings.